The maximum atomic E-state index is 12.8. The number of urea groups is 1. The number of nitrogens with zero attached hydrogens (tertiary/aromatic N) is 3. The summed E-state index contributed by atoms with van der Waals surface area (Å²) in [4.78, 5) is 30.3. The number of halogens is 3. The summed E-state index contributed by atoms with van der Waals surface area (Å²) in [6, 6.07) is 6.82. The van der Waals surface area contributed by atoms with Crippen molar-refractivity contribution in [2.24, 2.45) is 5.92 Å². The SMILES string of the molecule is O=C(NCc1ccco1)N1CCC(Cn2ccc3nc(C(F)(F)F)ccc3c2=O)CC1. The standard InChI is InChI=1S/C21H21F3N4O3/c22-21(23,24)18-4-3-16-17(26-18)7-10-28(19(16)29)13-14-5-8-27(9-6-14)20(30)25-12-15-2-1-11-31-15/h1-4,7,10-11,14H,5-6,8-9,12-13H2,(H,25,30). The second-order valence-electron chi connectivity index (χ2n) is 7.57. The summed E-state index contributed by atoms with van der Waals surface area (Å²) in [6.07, 6.45) is -0.0671. The molecule has 0 radical (unpaired) electrons. The Kier molecular flexibility index (Phi) is 5.71. The number of nitrogens with one attached hydrogen (secondary N) is 1. The molecule has 3 aromatic heterocycles. The molecule has 164 valence electrons. The van der Waals surface area contributed by atoms with Crippen molar-refractivity contribution in [3.8, 4) is 0 Å². The van der Waals surface area contributed by atoms with Crippen LogP contribution in [0.25, 0.3) is 10.9 Å². The van der Waals surface area contributed by atoms with Crippen molar-refractivity contribution in [3.05, 3.63) is 64.6 Å². The number of likely N-dealkylation sites (tertiary alicyclic amines) is 1. The minimum absolute atomic E-state index is 0.0270. The van der Waals surface area contributed by atoms with Crippen LogP contribution in [-0.4, -0.2) is 33.6 Å². The van der Waals surface area contributed by atoms with E-state index in [1.165, 1.54) is 22.9 Å². The van der Waals surface area contributed by atoms with E-state index in [9.17, 15) is 22.8 Å². The Morgan fingerprint density at radius 3 is 2.65 bits per heavy atom. The van der Waals surface area contributed by atoms with E-state index >= 15 is 0 Å². The van der Waals surface area contributed by atoms with E-state index in [-0.39, 0.29) is 28.4 Å². The van der Waals surface area contributed by atoms with E-state index < -0.39 is 11.9 Å². The monoisotopic (exact) mass is 434 g/mol. The predicted octanol–water partition coefficient (Wildman–Crippen LogP) is 3.63. The third kappa shape index (κ3) is 4.73. The molecule has 1 aliphatic rings. The quantitative estimate of drug-likeness (QED) is 0.680. The van der Waals surface area contributed by atoms with Gasteiger partial charge in [0.05, 0.1) is 23.7 Å². The van der Waals surface area contributed by atoms with Gasteiger partial charge in [-0.3, -0.25) is 4.79 Å². The Morgan fingerprint density at radius 1 is 1.19 bits per heavy atom. The van der Waals surface area contributed by atoms with E-state index in [0.717, 1.165) is 18.9 Å². The van der Waals surface area contributed by atoms with E-state index in [1.807, 2.05) is 0 Å². The molecule has 1 fully saturated rings. The lowest BCUT2D eigenvalue weighted by Gasteiger charge is -2.32. The Hall–Kier alpha value is -3.30. The molecule has 3 aromatic rings. The maximum Gasteiger partial charge on any atom is 0.433 e. The zero-order chi connectivity index (χ0) is 22.0. The van der Waals surface area contributed by atoms with E-state index in [1.54, 1.807) is 23.3 Å². The largest absolute Gasteiger partial charge is 0.467 e. The van der Waals surface area contributed by atoms with Gasteiger partial charge in [-0.15, -0.1) is 0 Å². The second-order valence-corrected chi connectivity index (χ2v) is 7.57. The number of alkyl halides is 3. The zero-order valence-corrected chi connectivity index (χ0v) is 16.6. The number of rotatable bonds is 4. The molecule has 31 heavy (non-hydrogen) atoms. The fourth-order valence-electron chi connectivity index (χ4n) is 3.75. The van der Waals surface area contributed by atoms with Crippen LogP contribution in [0.15, 0.2) is 52.0 Å². The average Bonchev–Trinajstić information content (AvgIpc) is 3.27. The van der Waals surface area contributed by atoms with Crippen molar-refractivity contribution in [2.75, 3.05) is 13.1 Å². The van der Waals surface area contributed by atoms with Crippen LogP contribution in [0.2, 0.25) is 0 Å². The number of furan rings is 1. The number of piperidine rings is 1. The highest BCUT2D eigenvalue weighted by atomic mass is 19.4. The Labute approximate surface area is 175 Å². The van der Waals surface area contributed by atoms with Crippen LogP contribution in [0, 0.1) is 5.92 Å². The number of carbonyl (C=O) groups is 1. The van der Waals surface area contributed by atoms with Gasteiger partial charge < -0.3 is 19.2 Å². The molecule has 0 aromatic carbocycles. The maximum absolute atomic E-state index is 12.8. The second kappa shape index (κ2) is 8.44. The van der Waals surface area contributed by atoms with Crippen molar-refractivity contribution >= 4 is 16.9 Å². The molecular formula is C21H21F3N4O3. The summed E-state index contributed by atoms with van der Waals surface area (Å²) in [7, 11) is 0. The minimum Gasteiger partial charge on any atom is -0.467 e. The van der Waals surface area contributed by atoms with Crippen molar-refractivity contribution in [1.29, 1.82) is 0 Å². The Morgan fingerprint density at radius 2 is 1.97 bits per heavy atom. The number of amides is 2. The molecule has 7 nitrogen and oxygen atoms in total. The summed E-state index contributed by atoms with van der Waals surface area (Å²) in [6.45, 7) is 1.89. The normalized spacial score (nSPS) is 15.4. The summed E-state index contributed by atoms with van der Waals surface area (Å²) in [5, 5.41) is 2.97. The van der Waals surface area contributed by atoms with Crippen LogP contribution in [0.3, 0.4) is 0 Å². The summed E-state index contributed by atoms with van der Waals surface area (Å²) in [5.41, 5.74) is -1.36. The van der Waals surface area contributed by atoms with Gasteiger partial charge in [0.1, 0.15) is 11.5 Å². The highest BCUT2D eigenvalue weighted by molar-refractivity contribution is 5.77. The molecule has 0 saturated carbocycles. The lowest BCUT2D eigenvalue weighted by atomic mass is 9.97. The first kappa shape index (κ1) is 21.0. The van der Waals surface area contributed by atoms with Crippen molar-refractivity contribution in [2.45, 2.75) is 32.1 Å². The Bertz CT molecular complexity index is 1120. The van der Waals surface area contributed by atoms with Crippen molar-refractivity contribution < 1.29 is 22.4 Å². The molecule has 2 amide bonds. The highest BCUT2D eigenvalue weighted by Crippen LogP contribution is 2.28. The lowest BCUT2D eigenvalue weighted by molar-refractivity contribution is -0.140. The van der Waals surface area contributed by atoms with Gasteiger partial charge >= 0.3 is 12.2 Å². The molecule has 0 bridgehead atoms. The van der Waals surface area contributed by atoms with Gasteiger partial charge in [-0.1, -0.05) is 0 Å². The first-order valence-electron chi connectivity index (χ1n) is 9.94. The summed E-state index contributed by atoms with van der Waals surface area (Å²) in [5.74, 6) is 0.863. The lowest BCUT2D eigenvalue weighted by Crippen LogP contribution is -2.45. The number of aromatic nitrogens is 2. The minimum atomic E-state index is -4.55. The number of hydrogen-bond acceptors (Lipinski definition) is 4. The number of hydrogen-bond donors (Lipinski definition) is 1. The third-order valence-electron chi connectivity index (χ3n) is 5.47. The number of fused-ring (bicyclic) bond motifs is 1. The van der Waals surface area contributed by atoms with Crippen LogP contribution >= 0.6 is 0 Å². The molecule has 4 rings (SSSR count). The van der Waals surface area contributed by atoms with Crippen molar-refractivity contribution in [1.82, 2.24) is 19.8 Å². The smallest absolute Gasteiger partial charge is 0.433 e. The molecule has 0 unspecified atom stereocenters. The fourth-order valence-corrected chi connectivity index (χ4v) is 3.75. The van der Waals surface area contributed by atoms with Gasteiger partial charge in [0, 0.05) is 25.8 Å². The van der Waals surface area contributed by atoms with Gasteiger partial charge in [-0.05, 0) is 49.1 Å². The van der Waals surface area contributed by atoms with Crippen molar-refractivity contribution in [3.63, 3.8) is 0 Å². The molecule has 0 aliphatic carbocycles. The van der Waals surface area contributed by atoms with Crippen LogP contribution in [0.4, 0.5) is 18.0 Å². The highest BCUT2D eigenvalue weighted by Gasteiger charge is 2.32. The first-order chi connectivity index (χ1) is 14.8. The Balaban J connectivity index is 1.36. The van der Waals surface area contributed by atoms with E-state index in [2.05, 4.69) is 10.3 Å². The summed E-state index contributed by atoms with van der Waals surface area (Å²) >= 11 is 0. The molecule has 0 spiro atoms. The topological polar surface area (TPSA) is 80.4 Å². The van der Waals surface area contributed by atoms with Gasteiger partial charge in [-0.25, -0.2) is 9.78 Å². The van der Waals surface area contributed by atoms with Crippen LogP contribution in [-0.2, 0) is 19.3 Å². The van der Waals surface area contributed by atoms with E-state index in [0.29, 0.717) is 31.9 Å². The van der Waals surface area contributed by atoms with Gasteiger partial charge in [0.15, 0.2) is 0 Å². The number of pyridine rings is 2. The summed E-state index contributed by atoms with van der Waals surface area (Å²) < 4.78 is 45.2. The van der Waals surface area contributed by atoms with Gasteiger partial charge in [0.2, 0.25) is 0 Å². The molecule has 10 heteroatoms. The molecule has 1 N–H and O–H groups in total. The fraction of sp³-hybridized carbons (Fsp3) is 0.381. The predicted molar refractivity (Wildman–Crippen MR) is 106 cm³/mol. The first-order valence-corrected chi connectivity index (χ1v) is 9.94. The molecule has 1 saturated heterocycles. The van der Waals surface area contributed by atoms with Crippen LogP contribution in [0.1, 0.15) is 24.3 Å². The number of carbonyl (C=O) groups excluding carboxylic acids is 1. The van der Waals surface area contributed by atoms with E-state index in [4.69, 9.17) is 4.42 Å². The van der Waals surface area contributed by atoms with Crippen LogP contribution in [0.5, 0.6) is 0 Å². The third-order valence-corrected chi connectivity index (χ3v) is 5.47. The molecule has 4 heterocycles. The molecular weight excluding hydrogens is 413 g/mol. The zero-order valence-electron chi connectivity index (χ0n) is 16.6. The molecule has 1 aliphatic heterocycles. The molecule has 0 atom stereocenters. The average molecular weight is 434 g/mol. The van der Waals surface area contributed by atoms with Crippen LogP contribution < -0.4 is 10.9 Å². The van der Waals surface area contributed by atoms with Gasteiger partial charge in [0.25, 0.3) is 5.56 Å². The van der Waals surface area contributed by atoms with Gasteiger partial charge in [-0.2, -0.15) is 13.2 Å².